The van der Waals surface area contributed by atoms with Crippen molar-refractivity contribution in [1.29, 1.82) is 0 Å². The first-order chi connectivity index (χ1) is 10.6. The molecule has 0 spiro atoms. The van der Waals surface area contributed by atoms with Crippen molar-refractivity contribution in [3.05, 3.63) is 70.5 Å². The SMILES string of the molecule is O=C(CCc1ccccc1Cl)NNC(=O)c1ccccc1F. The lowest BCUT2D eigenvalue weighted by Gasteiger charge is -2.08. The van der Waals surface area contributed by atoms with Crippen LogP contribution in [-0.4, -0.2) is 11.8 Å². The van der Waals surface area contributed by atoms with Gasteiger partial charge in [0.2, 0.25) is 5.91 Å². The van der Waals surface area contributed by atoms with Crippen LogP contribution in [-0.2, 0) is 11.2 Å². The average Bonchev–Trinajstić information content (AvgIpc) is 2.52. The Kier molecular flexibility index (Phi) is 5.49. The van der Waals surface area contributed by atoms with Crippen molar-refractivity contribution >= 4 is 23.4 Å². The molecule has 0 aliphatic rings. The van der Waals surface area contributed by atoms with Crippen molar-refractivity contribution in [1.82, 2.24) is 10.9 Å². The fraction of sp³-hybridized carbons (Fsp3) is 0.125. The third-order valence-electron chi connectivity index (χ3n) is 3.01. The molecule has 114 valence electrons. The summed E-state index contributed by atoms with van der Waals surface area (Å²) >= 11 is 5.99. The van der Waals surface area contributed by atoms with E-state index in [-0.39, 0.29) is 17.9 Å². The van der Waals surface area contributed by atoms with Crippen LogP contribution in [0.25, 0.3) is 0 Å². The number of carbonyl (C=O) groups excluding carboxylic acids is 2. The number of hydrogen-bond acceptors (Lipinski definition) is 2. The molecule has 0 saturated carbocycles. The van der Waals surface area contributed by atoms with Gasteiger partial charge in [0, 0.05) is 11.4 Å². The van der Waals surface area contributed by atoms with E-state index in [0.717, 1.165) is 5.56 Å². The lowest BCUT2D eigenvalue weighted by atomic mass is 10.1. The van der Waals surface area contributed by atoms with Gasteiger partial charge in [0.05, 0.1) is 5.56 Å². The first kappa shape index (κ1) is 16.0. The maximum atomic E-state index is 13.4. The minimum atomic E-state index is -0.704. The molecule has 0 aliphatic heterocycles. The molecule has 0 unspecified atom stereocenters. The molecule has 0 aromatic heterocycles. The molecule has 0 heterocycles. The lowest BCUT2D eigenvalue weighted by Crippen LogP contribution is -2.42. The van der Waals surface area contributed by atoms with Crippen molar-refractivity contribution in [3.8, 4) is 0 Å². The van der Waals surface area contributed by atoms with Gasteiger partial charge in [0.1, 0.15) is 5.82 Å². The highest BCUT2D eigenvalue weighted by atomic mass is 35.5. The zero-order valence-corrected chi connectivity index (χ0v) is 12.4. The normalized spacial score (nSPS) is 10.1. The van der Waals surface area contributed by atoms with Gasteiger partial charge in [-0.15, -0.1) is 0 Å². The quantitative estimate of drug-likeness (QED) is 0.851. The number of amides is 2. The maximum Gasteiger partial charge on any atom is 0.272 e. The fourth-order valence-corrected chi connectivity index (χ4v) is 2.08. The van der Waals surface area contributed by atoms with Crippen LogP contribution in [0.1, 0.15) is 22.3 Å². The molecule has 2 N–H and O–H groups in total. The van der Waals surface area contributed by atoms with Crippen LogP contribution in [0.5, 0.6) is 0 Å². The highest BCUT2D eigenvalue weighted by Gasteiger charge is 2.11. The van der Waals surface area contributed by atoms with Gasteiger partial charge in [-0.2, -0.15) is 0 Å². The number of nitrogens with one attached hydrogen (secondary N) is 2. The molecule has 2 rings (SSSR count). The number of hydrogen-bond donors (Lipinski definition) is 2. The van der Waals surface area contributed by atoms with E-state index in [1.54, 1.807) is 12.1 Å². The Hall–Kier alpha value is -2.40. The molecule has 2 aromatic rings. The van der Waals surface area contributed by atoms with Gasteiger partial charge in [-0.3, -0.25) is 20.4 Å². The van der Waals surface area contributed by atoms with Crippen molar-refractivity contribution in [2.45, 2.75) is 12.8 Å². The van der Waals surface area contributed by atoms with Crippen molar-refractivity contribution < 1.29 is 14.0 Å². The van der Waals surface area contributed by atoms with Crippen molar-refractivity contribution in [2.75, 3.05) is 0 Å². The number of carbonyl (C=O) groups is 2. The van der Waals surface area contributed by atoms with E-state index >= 15 is 0 Å². The molecule has 0 radical (unpaired) electrons. The van der Waals surface area contributed by atoms with E-state index < -0.39 is 11.7 Å². The second kappa shape index (κ2) is 7.56. The van der Waals surface area contributed by atoms with E-state index in [1.807, 2.05) is 12.1 Å². The van der Waals surface area contributed by atoms with Crippen LogP contribution in [0.15, 0.2) is 48.5 Å². The van der Waals surface area contributed by atoms with Crippen LogP contribution in [0.3, 0.4) is 0 Å². The Morgan fingerprint density at radius 2 is 1.68 bits per heavy atom. The summed E-state index contributed by atoms with van der Waals surface area (Å²) in [6, 6.07) is 12.7. The summed E-state index contributed by atoms with van der Waals surface area (Å²) < 4.78 is 13.4. The number of rotatable bonds is 4. The van der Waals surface area contributed by atoms with E-state index in [2.05, 4.69) is 10.9 Å². The van der Waals surface area contributed by atoms with Gasteiger partial charge in [-0.1, -0.05) is 41.9 Å². The zero-order chi connectivity index (χ0) is 15.9. The molecule has 4 nitrogen and oxygen atoms in total. The van der Waals surface area contributed by atoms with Crippen LogP contribution in [0, 0.1) is 5.82 Å². The highest BCUT2D eigenvalue weighted by Crippen LogP contribution is 2.16. The smallest absolute Gasteiger partial charge is 0.272 e. The first-order valence-corrected chi connectivity index (χ1v) is 7.03. The minimum Gasteiger partial charge on any atom is -0.273 e. The number of halogens is 2. The second-order valence-corrected chi connectivity index (χ2v) is 4.98. The van der Waals surface area contributed by atoms with E-state index in [9.17, 15) is 14.0 Å². The Bertz CT molecular complexity index is 691. The molecule has 0 fully saturated rings. The topological polar surface area (TPSA) is 58.2 Å². The molecule has 2 aromatic carbocycles. The minimum absolute atomic E-state index is 0.131. The zero-order valence-electron chi connectivity index (χ0n) is 11.6. The highest BCUT2D eigenvalue weighted by molar-refractivity contribution is 6.31. The van der Waals surface area contributed by atoms with E-state index in [1.165, 1.54) is 24.3 Å². The van der Waals surface area contributed by atoms with Gasteiger partial charge in [0.25, 0.3) is 5.91 Å². The van der Waals surface area contributed by atoms with Gasteiger partial charge in [0.15, 0.2) is 0 Å². The second-order valence-electron chi connectivity index (χ2n) is 4.57. The van der Waals surface area contributed by atoms with Gasteiger partial charge in [-0.05, 0) is 30.2 Å². The monoisotopic (exact) mass is 320 g/mol. The van der Waals surface area contributed by atoms with Crippen molar-refractivity contribution in [2.24, 2.45) is 0 Å². The average molecular weight is 321 g/mol. The largest absolute Gasteiger partial charge is 0.273 e. The van der Waals surface area contributed by atoms with Gasteiger partial charge in [-0.25, -0.2) is 4.39 Å². The fourth-order valence-electron chi connectivity index (χ4n) is 1.85. The Balaban J connectivity index is 1.82. The predicted octanol–water partition coefficient (Wildman–Crippen LogP) is 2.87. The molecule has 0 aliphatic carbocycles. The molecule has 2 amide bonds. The summed E-state index contributed by atoms with van der Waals surface area (Å²) in [6.07, 6.45) is 0.600. The van der Waals surface area contributed by atoms with Gasteiger partial charge >= 0.3 is 0 Å². The summed E-state index contributed by atoms with van der Waals surface area (Å²) in [5, 5.41) is 0.589. The number of aryl methyl sites for hydroxylation is 1. The molecular weight excluding hydrogens is 307 g/mol. The summed E-state index contributed by atoms with van der Waals surface area (Å²) in [5.74, 6) is -1.74. The molecule has 6 heteroatoms. The first-order valence-electron chi connectivity index (χ1n) is 6.65. The van der Waals surface area contributed by atoms with Crippen LogP contribution in [0.4, 0.5) is 4.39 Å². The molecule has 0 bridgehead atoms. The number of hydrazine groups is 1. The number of benzene rings is 2. The third-order valence-corrected chi connectivity index (χ3v) is 3.38. The Morgan fingerprint density at radius 1 is 1.00 bits per heavy atom. The Labute approximate surface area is 132 Å². The molecule has 22 heavy (non-hydrogen) atoms. The van der Waals surface area contributed by atoms with E-state index in [4.69, 9.17) is 11.6 Å². The lowest BCUT2D eigenvalue weighted by molar-refractivity contribution is -0.121. The van der Waals surface area contributed by atoms with Crippen LogP contribution < -0.4 is 10.9 Å². The van der Waals surface area contributed by atoms with Crippen LogP contribution in [0.2, 0.25) is 5.02 Å². The predicted molar refractivity (Wildman–Crippen MR) is 81.8 cm³/mol. The Morgan fingerprint density at radius 3 is 2.41 bits per heavy atom. The van der Waals surface area contributed by atoms with Crippen LogP contribution >= 0.6 is 11.6 Å². The third kappa shape index (κ3) is 4.30. The molecule has 0 saturated heterocycles. The molecule has 0 atom stereocenters. The van der Waals surface area contributed by atoms with Crippen molar-refractivity contribution in [3.63, 3.8) is 0 Å². The van der Waals surface area contributed by atoms with E-state index in [0.29, 0.717) is 11.4 Å². The molecular formula is C16H14ClFN2O2. The summed E-state index contributed by atoms with van der Waals surface area (Å²) in [6.45, 7) is 0. The summed E-state index contributed by atoms with van der Waals surface area (Å²) in [4.78, 5) is 23.4. The summed E-state index contributed by atoms with van der Waals surface area (Å²) in [5.41, 5.74) is 5.14. The van der Waals surface area contributed by atoms with Gasteiger partial charge < -0.3 is 0 Å². The summed E-state index contributed by atoms with van der Waals surface area (Å²) in [7, 11) is 0. The maximum absolute atomic E-state index is 13.4. The standard InChI is InChI=1S/C16H14ClFN2O2/c17-13-7-3-1-5-11(13)9-10-15(21)19-20-16(22)12-6-2-4-8-14(12)18/h1-8H,9-10H2,(H,19,21)(H,20,22).